The first-order valence-corrected chi connectivity index (χ1v) is 4.82. The summed E-state index contributed by atoms with van der Waals surface area (Å²) in [6, 6.07) is 5.21. The molecule has 0 aliphatic carbocycles. The molecule has 0 aliphatic rings. The van der Waals surface area contributed by atoms with E-state index in [1.54, 1.807) is 0 Å². The third kappa shape index (κ3) is 2.95. The van der Waals surface area contributed by atoms with E-state index in [0.29, 0.717) is 0 Å². The number of rotatable bonds is 2. The van der Waals surface area contributed by atoms with E-state index in [2.05, 4.69) is 0 Å². The van der Waals surface area contributed by atoms with Gasteiger partial charge in [-0.25, -0.2) is 0 Å². The van der Waals surface area contributed by atoms with Crippen molar-refractivity contribution in [3.05, 3.63) is 29.8 Å². The molecule has 72 valence electrons. The van der Waals surface area contributed by atoms with Gasteiger partial charge in [-0.1, -0.05) is 6.92 Å². The number of hydrogen-bond acceptors (Lipinski definition) is 1. The minimum atomic E-state index is -4.23. The van der Waals surface area contributed by atoms with E-state index in [9.17, 15) is 13.2 Å². The highest BCUT2D eigenvalue weighted by Crippen LogP contribution is 2.30. The number of hydrogen-bond donors (Lipinski definition) is 0. The topological polar surface area (TPSA) is 0 Å². The first-order valence-electron chi connectivity index (χ1n) is 3.84. The lowest BCUT2D eigenvalue weighted by atomic mass is 10.2. The van der Waals surface area contributed by atoms with Crippen LogP contribution in [0.1, 0.15) is 12.5 Å². The second-order valence-electron chi connectivity index (χ2n) is 2.46. The smallest absolute Gasteiger partial charge is 0.166 e. The lowest BCUT2D eigenvalue weighted by molar-refractivity contribution is -0.137. The van der Waals surface area contributed by atoms with Gasteiger partial charge in [-0.15, -0.1) is 11.8 Å². The summed E-state index contributed by atoms with van der Waals surface area (Å²) >= 11 is 1.53. The standard InChI is InChI=1S/C9H9F3S/c1-2-13-8-5-3-7(4-6-8)9(10,11)12/h3-6H,2H2,1H3. The van der Waals surface area contributed by atoms with Crippen LogP contribution in [0.3, 0.4) is 0 Å². The van der Waals surface area contributed by atoms with E-state index >= 15 is 0 Å². The fraction of sp³-hybridized carbons (Fsp3) is 0.333. The van der Waals surface area contributed by atoms with Gasteiger partial charge in [0.2, 0.25) is 0 Å². The molecule has 0 fully saturated rings. The number of alkyl halides is 3. The highest BCUT2D eigenvalue weighted by molar-refractivity contribution is 7.99. The van der Waals surface area contributed by atoms with Crippen LogP contribution in [0.25, 0.3) is 0 Å². The highest BCUT2D eigenvalue weighted by Gasteiger charge is 2.29. The fourth-order valence-electron chi connectivity index (χ4n) is 0.907. The van der Waals surface area contributed by atoms with Crippen LogP contribution in [-0.4, -0.2) is 5.75 Å². The van der Waals surface area contributed by atoms with Crippen molar-refractivity contribution in [3.8, 4) is 0 Å². The second-order valence-corrected chi connectivity index (χ2v) is 3.79. The first kappa shape index (κ1) is 10.4. The first-order chi connectivity index (χ1) is 6.04. The third-order valence-corrected chi connectivity index (χ3v) is 2.39. The van der Waals surface area contributed by atoms with Crippen molar-refractivity contribution in [2.24, 2.45) is 0 Å². The summed E-state index contributed by atoms with van der Waals surface area (Å²) in [5, 5.41) is 0. The van der Waals surface area contributed by atoms with Gasteiger partial charge in [0.15, 0.2) is 0 Å². The summed E-state index contributed by atoms with van der Waals surface area (Å²) in [4.78, 5) is 0.871. The molecule has 0 aromatic heterocycles. The Morgan fingerprint density at radius 3 is 2.08 bits per heavy atom. The molecule has 0 radical (unpaired) electrons. The zero-order chi connectivity index (χ0) is 9.90. The average molecular weight is 206 g/mol. The highest BCUT2D eigenvalue weighted by atomic mass is 32.2. The zero-order valence-corrected chi connectivity index (χ0v) is 7.88. The molecular formula is C9H9F3S. The van der Waals surface area contributed by atoms with Crippen molar-refractivity contribution in [1.82, 2.24) is 0 Å². The lowest BCUT2D eigenvalue weighted by Gasteiger charge is -2.06. The Labute approximate surface area is 79.1 Å². The number of benzene rings is 1. The maximum atomic E-state index is 12.1. The largest absolute Gasteiger partial charge is 0.416 e. The Hall–Kier alpha value is -0.640. The normalized spacial score (nSPS) is 11.7. The molecule has 13 heavy (non-hydrogen) atoms. The Morgan fingerprint density at radius 1 is 1.15 bits per heavy atom. The molecule has 0 aliphatic heterocycles. The maximum absolute atomic E-state index is 12.1. The van der Waals surface area contributed by atoms with Crippen LogP contribution in [0.15, 0.2) is 29.2 Å². The SMILES string of the molecule is CCSc1ccc(C(F)(F)F)cc1. The van der Waals surface area contributed by atoms with Crippen molar-refractivity contribution in [3.63, 3.8) is 0 Å². The summed E-state index contributed by atoms with van der Waals surface area (Å²) in [6.45, 7) is 1.96. The van der Waals surface area contributed by atoms with Gasteiger partial charge < -0.3 is 0 Å². The van der Waals surface area contributed by atoms with E-state index in [-0.39, 0.29) is 0 Å². The molecule has 0 bridgehead atoms. The maximum Gasteiger partial charge on any atom is 0.416 e. The Balaban J connectivity index is 2.81. The summed E-state index contributed by atoms with van der Waals surface area (Å²) in [6.07, 6.45) is -4.23. The van der Waals surface area contributed by atoms with Crippen molar-refractivity contribution < 1.29 is 13.2 Å². The van der Waals surface area contributed by atoms with Gasteiger partial charge in [-0.2, -0.15) is 13.2 Å². The quantitative estimate of drug-likeness (QED) is 0.663. The predicted molar refractivity (Wildman–Crippen MR) is 47.8 cm³/mol. The van der Waals surface area contributed by atoms with Crippen molar-refractivity contribution in [2.45, 2.75) is 18.0 Å². The van der Waals surface area contributed by atoms with Crippen LogP contribution >= 0.6 is 11.8 Å². The minimum Gasteiger partial charge on any atom is -0.166 e. The van der Waals surface area contributed by atoms with Crippen LogP contribution in [0.2, 0.25) is 0 Å². The van der Waals surface area contributed by atoms with Gasteiger partial charge in [0.25, 0.3) is 0 Å². The van der Waals surface area contributed by atoms with Crippen LogP contribution in [0.5, 0.6) is 0 Å². The van der Waals surface area contributed by atoms with Crippen molar-refractivity contribution in [1.29, 1.82) is 0 Å². The van der Waals surface area contributed by atoms with Crippen LogP contribution < -0.4 is 0 Å². The predicted octanol–water partition coefficient (Wildman–Crippen LogP) is 3.82. The molecule has 0 saturated carbocycles. The van der Waals surface area contributed by atoms with E-state index < -0.39 is 11.7 Å². The molecule has 0 unspecified atom stereocenters. The molecular weight excluding hydrogens is 197 g/mol. The van der Waals surface area contributed by atoms with E-state index in [1.165, 1.54) is 23.9 Å². The van der Waals surface area contributed by atoms with Gasteiger partial charge in [0.1, 0.15) is 0 Å². The van der Waals surface area contributed by atoms with E-state index in [1.807, 2.05) is 6.92 Å². The molecule has 0 amide bonds. The Morgan fingerprint density at radius 2 is 1.69 bits per heavy atom. The fourth-order valence-corrected chi connectivity index (χ4v) is 1.57. The van der Waals surface area contributed by atoms with Crippen molar-refractivity contribution in [2.75, 3.05) is 5.75 Å². The van der Waals surface area contributed by atoms with E-state index in [0.717, 1.165) is 22.8 Å². The molecule has 1 aromatic rings. The molecule has 1 aromatic carbocycles. The van der Waals surface area contributed by atoms with Gasteiger partial charge >= 0.3 is 6.18 Å². The Kier molecular flexibility index (Phi) is 3.25. The summed E-state index contributed by atoms with van der Waals surface area (Å²) in [5.74, 6) is 0.866. The van der Waals surface area contributed by atoms with Crippen molar-refractivity contribution >= 4 is 11.8 Å². The number of halogens is 3. The number of thioether (sulfide) groups is 1. The molecule has 1 rings (SSSR count). The molecule has 4 heteroatoms. The average Bonchev–Trinajstić information content (AvgIpc) is 2.04. The molecule has 0 heterocycles. The molecule has 0 atom stereocenters. The summed E-state index contributed by atoms with van der Waals surface area (Å²) in [5.41, 5.74) is -0.590. The molecule has 0 N–H and O–H groups in total. The molecule has 0 nitrogen and oxygen atoms in total. The lowest BCUT2D eigenvalue weighted by Crippen LogP contribution is -2.03. The van der Waals surface area contributed by atoms with Gasteiger partial charge in [0.05, 0.1) is 5.56 Å². The zero-order valence-electron chi connectivity index (χ0n) is 7.06. The van der Waals surface area contributed by atoms with Crippen LogP contribution in [-0.2, 0) is 6.18 Å². The van der Waals surface area contributed by atoms with Gasteiger partial charge in [0, 0.05) is 4.90 Å². The second kappa shape index (κ2) is 4.05. The van der Waals surface area contributed by atoms with Crippen LogP contribution in [0.4, 0.5) is 13.2 Å². The Bertz CT molecular complexity index is 263. The van der Waals surface area contributed by atoms with Gasteiger partial charge in [-0.3, -0.25) is 0 Å². The van der Waals surface area contributed by atoms with E-state index in [4.69, 9.17) is 0 Å². The summed E-state index contributed by atoms with van der Waals surface area (Å²) < 4.78 is 36.3. The molecule has 0 spiro atoms. The molecule has 0 saturated heterocycles. The van der Waals surface area contributed by atoms with Crippen LogP contribution in [0, 0.1) is 0 Å². The third-order valence-electron chi connectivity index (χ3n) is 1.49. The van der Waals surface area contributed by atoms with Gasteiger partial charge in [-0.05, 0) is 30.0 Å². The summed E-state index contributed by atoms with van der Waals surface area (Å²) in [7, 11) is 0. The monoisotopic (exact) mass is 206 g/mol. The minimum absolute atomic E-state index is 0.590.